The predicted molar refractivity (Wildman–Crippen MR) is 144 cm³/mol. The summed E-state index contributed by atoms with van der Waals surface area (Å²) in [5.74, 6) is 0.594. The third-order valence-electron chi connectivity index (χ3n) is 6.59. The second kappa shape index (κ2) is 10.7. The van der Waals surface area contributed by atoms with Crippen LogP contribution in [-0.4, -0.2) is 52.2 Å². The standard InChI is InChI=1S/C28H29BrN2O6/c1-15-7-9-20(19(29)11-15)30-27(32)25-17-13-23(36-5)24(37-6)14-18(17)28(33)31(2)26(25)16-8-10-21(34-3)22(12-16)35-4/h7-14,25-26H,1-6H3,(H,30,32). The first-order valence-electron chi connectivity index (χ1n) is 11.6. The van der Waals surface area contributed by atoms with Crippen LogP contribution in [0.25, 0.3) is 0 Å². The molecule has 194 valence electrons. The number of amides is 2. The molecule has 0 aliphatic carbocycles. The Kier molecular flexibility index (Phi) is 7.63. The van der Waals surface area contributed by atoms with Gasteiger partial charge in [0.25, 0.3) is 5.91 Å². The number of rotatable bonds is 7. The zero-order chi connectivity index (χ0) is 26.9. The van der Waals surface area contributed by atoms with Gasteiger partial charge in [0.1, 0.15) is 0 Å². The number of ether oxygens (including phenoxy) is 4. The average molecular weight is 569 g/mol. The molecule has 0 bridgehead atoms. The maximum Gasteiger partial charge on any atom is 0.254 e. The first kappa shape index (κ1) is 26.3. The molecule has 1 heterocycles. The van der Waals surface area contributed by atoms with E-state index in [4.69, 9.17) is 18.9 Å². The fourth-order valence-corrected chi connectivity index (χ4v) is 5.31. The first-order chi connectivity index (χ1) is 17.7. The largest absolute Gasteiger partial charge is 0.493 e. The van der Waals surface area contributed by atoms with Gasteiger partial charge in [0.15, 0.2) is 23.0 Å². The Hall–Kier alpha value is -3.72. The van der Waals surface area contributed by atoms with Crippen LogP contribution >= 0.6 is 15.9 Å². The van der Waals surface area contributed by atoms with E-state index in [0.717, 1.165) is 15.6 Å². The zero-order valence-corrected chi connectivity index (χ0v) is 23.1. The number of hydrogen-bond donors (Lipinski definition) is 1. The van der Waals surface area contributed by atoms with E-state index >= 15 is 0 Å². The summed E-state index contributed by atoms with van der Waals surface area (Å²) >= 11 is 3.54. The molecule has 0 fully saturated rings. The minimum atomic E-state index is -0.774. The summed E-state index contributed by atoms with van der Waals surface area (Å²) in [5.41, 5.74) is 3.32. The fourth-order valence-electron chi connectivity index (χ4n) is 4.72. The van der Waals surface area contributed by atoms with Crippen molar-refractivity contribution in [3.63, 3.8) is 0 Å². The van der Waals surface area contributed by atoms with Crippen LogP contribution in [0.4, 0.5) is 5.69 Å². The van der Waals surface area contributed by atoms with Crippen molar-refractivity contribution in [1.82, 2.24) is 4.90 Å². The molecular weight excluding hydrogens is 540 g/mol. The van der Waals surface area contributed by atoms with Crippen molar-refractivity contribution >= 4 is 33.4 Å². The van der Waals surface area contributed by atoms with Crippen molar-refractivity contribution in [2.45, 2.75) is 18.9 Å². The maximum atomic E-state index is 14.0. The molecule has 0 saturated heterocycles. The van der Waals surface area contributed by atoms with Crippen LogP contribution < -0.4 is 24.3 Å². The van der Waals surface area contributed by atoms with Crippen molar-refractivity contribution in [3.8, 4) is 23.0 Å². The third-order valence-corrected chi connectivity index (χ3v) is 7.24. The Morgan fingerprint density at radius 1 is 0.865 bits per heavy atom. The first-order valence-corrected chi connectivity index (χ1v) is 12.3. The molecule has 3 aromatic carbocycles. The molecule has 1 aliphatic heterocycles. The van der Waals surface area contributed by atoms with E-state index in [9.17, 15) is 9.59 Å². The lowest BCUT2D eigenvalue weighted by molar-refractivity contribution is -0.119. The van der Waals surface area contributed by atoms with Crippen LogP contribution in [0, 0.1) is 6.92 Å². The number of hydrogen-bond acceptors (Lipinski definition) is 6. The number of methoxy groups -OCH3 is 4. The number of nitrogens with one attached hydrogen (secondary N) is 1. The summed E-state index contributed by atoms with van der Waals surface area (Å²) in [6.45, 7) is 1.97. The number of carbonyl (C=O) groups is 2. The van der Waals surface area contributed by atoms with Crippen molar-refractivity contribution in [3.05, 3.63) is 75.3 Å². The number of fused-ring (bicyclic) bond motifs is 1. The van der Waals surface area contributed by atoms with Gasteiger partial charge in [0, 0.05) is 17.1 Å². The van der Waals surface area contributed by atoms with Gasteiger partial charge in [-0.1, -0.05) is 12.1 Å². The number of nitrogens with zero attached hydrogens (tertiary/aromatic N) is 1. The second-order valence-electron chi connectivity index (χ2n) is 8.72. The number of anilines is 1. The normalized spacial score (nSPS) is 16.6. The Labute approximate surface area is 224 Å². The van der Waals surface area contributed by atoms with Gasteiger partial charge in [-0.2, -0.15) is 0 Å². The highest BCUT2D eigenvalue weighted by Crippen LogP contribution is 2.47. The number of aryl methyl sites for hydroxylation is 1. The van der Waals surface area contributed by atoms with Gasteiger partial charge < -0.3 is 29.2 Å². The van der Waals surface area contributed by atoms with E-state index in [1.54, 1.807) is 50.4 Å². The third kappa shape index (κ3) is 4.83. The van der Waals surface area contributed by atoms with Crippen LogP contribution in [0.2, 0.25) is 0 Å². The molecule has 8 nitrogen and oxygen atoms in total. The molecule has 1 N–H and O–H groups in total. The van der Waals surface area contributed by atoms with E-state index < -0.39 is 12.0 Å². The van der Waals surface area contributed by atoms with Crippen LogP contribution in [0.15, 0.2) is 53.0 Å². The molecule has 3 aromatic rings. The molecule has 2 atom stereocenters. The van der Waals surface area contributed by atoms with E-state index in [2.05, 4.69) is 21.2 Å². The van der Waals surface area contributed by atoms with Crippen LogP contribution in [-0.2, 0) is 4.79 Å². The van der Waals surface area contributed by atoms with Gasteiger partial charge in [-0.05, 0) is 75.9 Å². The van der Waals surface area contributed by atoms with Gasteiger partial charge in [0.05, 0.1) is 46.1 Å². The Morgan fingerprint density at radius 2 is 1.49 bits per heavy atom. The molecule has 2 unspecified atom stereocenters. The van der Waals surface area contributed by atoms with Crippen LogP contribution in [0.5, 0.6) is 23.0 Å². The lowest BCUT2D eigenvalue weighted by Gasteiger charge is -2.40. The summed E-state index contributed by atoms with van der Waals surface area (Å²) in [7, 11) is 7.81. The summed E-state index contributed by atoms with van der Waals surface area (Å²) < 4.78 is 22.6. The Balaban J connectivity index is 1.91. The van der Waals surface area contributed by atoms with Crippen molar-refractivity contribution < 1.29 is 28.5 Å². The molecule has 0 radical (unpaired) electrons. The molecule has 1 aliphatic rings. The topological polar surface area (TPSA) is 86.3 Å². The monoisotopic (exact) mass is 568 g/mol. The van der Waals surface area contributed by atoms with Gasteiger partial charge in [0.2, 0.25) is 5.91 Å². The van der Waals surface area contributed by atoms with Crippen LogP contribution in [0.1, 0.15) is 39.0 Å². The minimum absolute atomic E-state index is 0.240. The van der Waals surface area contributed by atoms with E-state index in [1.807, 2.05) is 31.2 Å². The van der Waals surface area contributed by atoms with Crippen molar-refractivity contribution in [1.29, 1.82) is 0 Å². The molecule has 9 heteroatoms. The van der Waals surface area contributed by atoms with Crippen LogP contribution in [0.3, 0.4) is 0 Å². The van der Waals surface area contributed by atoms with Crippen molar-refractivity contribution in [2.24, 2.45) is 0 Å². The Morgan fingerprint density at radius 3 is 2.11 bits per heavy atom. The summed E-state index contributed by atoms with van der Waals surface area (Å²) in [6, 6.07) is 13.8. The van der Waals surface area contributed by atoms with Gasteiger partial charge in [-0.25, -0.2) is 0 Å². The Bertz CT molecular complexity index is 1360. The maximum absolute atomic E-state index is 14.0. The summed E-state index contributed by atoms with van der Waals surface area (Å²) in [4.78, 5) is 29.2. The highest BCUT2D eigenvalue weighted by Gasteiger charge is 2.44. The molecule has 0 spiro atoms. The quantitative estimate of drug-likeness (QED) is 0.414. The average Bonchev–Trinajstić information content (AvgIpc) is 2.90. The number of likely N-dealkylation sites (N-methyl/N-ethyl adjacent to an activating group) is 1. The molecule has 4 rings (SSSR count). The molecule has 2 amide bonds. The number of benzene rings is 3. The van der Waals surface area contributed by atoms with Gasteiger partial charge >= 0.3 is 0 Å². The van der Waals surface area contributed by atoms with Gasteiger partial charge in [-0.15, -0.1) is 0 Å². The highest BCUT2D eigenvalue weighted by molar-refractivity contribution is 9.10. The lowest BCUT2D eigenvalue weighted by Crippen LogP contribution is -2.44. The predicted octanol–water partition coefficient (Wildman–Crippen LogP) is 5.34. The second-order valence-corrected chi connectivity index (χ2v) is 9.57. The van der Waals surface area contributed by atoms with E-state index in [-0.39, 0.29) is 11.8 Å². The smallest absolute Gasteiger partial charge is 0.254 e. The molecule has 0 aromatic heterocycles. The number of carbonyl (C=O) groups excluding carboxylic acids is 2. The molecular formula is C28H29BrN2O6. The summed E-state index contributed by atoms with van der Waals surface area (Å²) in [5, 5.41) is 3.05. The van der Waals surface area contributed by atoms with E-state index in [1.165, 1.54) is 14.2 Å². The lowest BCUT2D eigenvalue weighted by atomic mass is 9.79. The minimum Gasteiger partial charge on any atom is -0.493 e. The zero-order valence-electron chi connectivity index (χ0n) is 21.5. The molecule has 0 saturated carbocycles. The fraction of sp³-hybridized carbons (Fsp3) is 0.286. The van der Waals surface area contributed by atoms with Gasteiger partial charge in [-0.3, -0.25) is 9.59 Å². The van der Waals surface area contributed by atoms with Crippen molar-refractivity contribution in [2.75, 3.05) is 40.8 Å². The molecule has 37 heavy (non-hydrogen) atoms. The summed E-state index contributed by atoms with van der Waals surface area (Å²) in [6.07, 6.45) is 0. The number of halogens is 1. The highest BCUT2D eigenvalue weighted by atomic mass is 79.9. The SMILES string of the molecule is COc1ccc(C2C(C(=O)Nc3ccc(C)cc3Br)c3cc(OC)c(OC)cc3C(=O)N2C)cc1OC. The van der Waals surface area contributed by atoms with E-state index in [0.29, 0.717) is 39.8 Å².